The Balaban J connectivity index is 0.00000306. The predicted molar refractivity (Wildman–Crippen MR) is 131 cm³/mol. The molecule has 7 nitrogen and oxygen atoms in total. The van der Waals surface area contributed by atoms with E-state index in [0.29, 0.717) is 13.1 Å². The highest BCUT2D eigenvalue weighted by atomic mass is 127. The van der Waals surface area contributed by atoms with E-state index in [1.165, 1.54) is 12.8 Å². The molecule has 3 heterocycles. The molecule has 2 N–H and O–H groups in total. The summed E-state index contributed by atoms with van der Waals surface area (Å²) in [6, 6.07) is 5.65. The molecule has 182 valence electrons. The van der Waals surface area contributed by atoms with Gasteiger partial charge in [0, 0.05) is 45.7 Å². The van der Waals surface area contributed by atoms with Gasteiger partial charge in [-0.2, -0.15) is 13.2 Å². The van der Waals surface area contributed by atoms with Gasteiger partial charge in [0.25, 0.3) is 0 Å². The van der Waals surface area contributed by atoms with Gasteiger partial charge in [0.05, 0.1) is 12.1 Å². The molecule has 0 spiro atoms. The lowest BCUT2D eigenvalue weighted by Crippen LogP contribution is -2.44. The van der Waals surface area contributed by atoms with Gasteiger partial charge in [-0.25, -0.2) is 0 Å². The Kier molecular flexibility index (Phi) is 8.96. The Morgan fingerprint density at radius 2 is 1.91 bits per heavy atom. The Morgan fingerprint density at radius 3 is 2.64 bits per heavy atom. The Bertz CT molecular complexity index is 927. The maximum Gasteiger partial charge on any atom is 0.416 e. The van der Waals surface area contributed by atoms with Gasteiger partial charge in [-0.05, 0) is 37.0 Å². The highest BCUT2D eigenvalue weighted by Gasteiger charge is 2.30. The van der Waals surface area contributed by atoms with E-state index in [9.17, 15) is 13.2 Å². The average Bonchev–Trinajstić information content (AvgIpc) is 3.29. The summed E-state index contributed by atoms with van der Waals surface area (Å²) in [7, 11) is 1.74. The van der Waals surface area contributed by atoms with E-state index in [0.717, 1.165) is 74.2 Å². The molecule has 0 saturated carbocycles. The average molecular weight is 577 g/mol. The molecule has 1 fully saturated rings. The first kappa shape index (κ1) is 25.7. The Labute approximate surface area is 209 Å². The molecule has 1 aromatic carbocycles. The van der Waals surface area contributed by atoms with E-state index >= 15 is 0 Å². The number of hydrogen-bond donors (Lipinski definition) is 2. The number of likely N-dealkylation sites (tertiary alicyclic amines) is 1. The number of aryl methyl sites for hydroxylation is 1. The third-order valence-electron chi connectivity index (χ3n) is 6.12. The quantitative estimate of drug-likeness (QED) is 0.323. The topological polar surface area (TPSA) is 70.4 Å². The van der Waals surface area contributed by atoms with Crippen LogP contribution in [0.25, 0.3) is 0 Å². The van der Waals surface area contributed by atoms with Crippen molar-refractivity contribution in [3.63, 3.8) is 0 Å². The van der Waals surface area contributed by atoms with Gasteiger partial charge in [0.1, 0.15) is 5.82 Å². The molecule has 0 amide bonds. The highest BCUT2D eigenvalue weighted by molar-refractivity contribution is 14.0. The first-order chi connectivity index (χ1) is 15.4. The second-order valence-corrected chi connectivity index (χ2v) is 8.48. The first-order valence-corrected chi connectivity index (χ1v) is 11.2. The van der Waals surface area contributed by atoms with Gasteiger partial charge in [0.2, 0.25) is 0 Å². The van der Waals surface area contributed by atoms with Crippen molar-refractivity contribution in [2.45, 2.75) is 64.0 Å². The molecule has 11 heteroatoms. The van der Waals surface area contributed by atoms with Crippen LogP contribution in [0.2, 0.25) is 0 Å². The van der Waals surface area contributed by atoms with E-state index in [4.69, 9.17) is 0 Å². The van der Waals surface area contributed by atoms with Crippen LogP contribution in [0.5, 0.6) is 0 Å². The van der Waals surface area contributed by atoms with Crippen LogP contribution < -0.4 is 10.6 Å². The van der Waals surface area contributed by atoms with Crippen LogP contribution in [0.4, 0.5) is 13.2 Å². The summed E-state index contributed by atoms with van der Waals surface area (Å²) in [5.41, 5.74) is 0.273. The first-order valence-electron chi connectivity index (χ1n) is 11.2. The van der Waals surface area contributed by atoms with Crippen LogP contribution in [0.15, 0.2) is 29.3 Å². The molecule has 4 rings (SSSR count). The minimum absolute atomic E-state index is 0. The Hall–Kier alpha value is -1.89. The van der Waals surface area contributed by atoms with Crippen molar-refractivity contribution in [2.75, 3.05) is 20.1 Å². The third kappa shape index (κ3) is 6.81. The van der Waals surface area contributed by atoms with Crippen LogP contribution in [0, 0.1) is 0 Å². The second kappa shape index (κ2) is 11.5. The summed E-state index contributed by atoms with van der Waals surface area (Å²) < 4.78 is 40.4. The number of hydrogen-bond acceptors (Lipinski definition) is 4. The summed E-state index contributed by atoms with van der Waals surface area (Å²) in [5.74, 6) is 2.72. The van der Waals surface area contributed by atoms with Gasteiger partial charge < -0.3 is 15.2 Å². The standard InChI is InChI=1S/C22H30F3N7.HI/c1-26-21(27-13-20-30-29-19-5-3-2-4-11-32(19)20)28-18-10-12-31(15-18)14-16-6-8-17(9-7-16)22(23,24)25;/h6-9,18H,2-5,10-15H2,1H3,(H2,26,27,28);1H. The van der Waals surface area contributed by atoms with Crippen LogP contribution in [0.1, 0.15) is 48.5 Å². The van der Waals surface area contributed by atoms with Gasteiger partial charge in [-0.1, -0.05) is 18.6 Å². The molecule has 2 aliphatic heterocycles. The lowest BCUT2D eigenvalue weighted by Gasteiger charge is -2.19. The summed E-state index contributed by atoms with van der Waals surface area (Å²) in [4.78, 5) is 6.58. The maximum atomic E-state index is 12.7. The van der Waals surface area contributed by atoms with Crippen LogP contribution in [0.3, 0.4) is 0 Å². The number of nitrogens with one attached hydrogen (secondary N) is 2. The monoisotopic (exact) mass is 577 g/mol. The number of halogens is 4. The number of guanidine groups is 1. The van der Waals surface area contributed by atoms with Crippen LogP contribution >= 0.6 is 24.0 Å². The second-order valence-electron chi connectivity index (χ2n) is 8.48. The summed E-state index contributed by atoms with van der Waals surface area (Å²) in [6.45, 7) is 3.85. The fourth-order valence-electron chi connectivity index (χ4n) is 4.38. The van der Waals surface area contributed by atoms with E-state index in [-0.39, 0.29) is 30.0 Å². The lowest BCUT2D eigenvalue weighted by molar-refractivity contribution is -0.137. The van der Waals surface area contributed by atoms with E-state index in [2.05, 4.69) is 35.3 Å². The number of benzene rings is 1. The summed E-state index contributed by atoms with van der Waals surface area (Å²) in [5, 5.41) is 15.5. The van der Waals surface area contributed by atoms with Crippen molar-refractivity contribution in [3.8, 4) is 0 Å². The molecule has 1 aromatic heterocycles. The molecule has 2 aliphatic rings. The number of aromatic nitrogens is 3. The molecule has 33 heavy (non-hydrogen) atoms. The van der Waals surface area contributed by atoms with Gasteiger partial charge in [-0.15, -0.1) is 34.2 Å². The number of rotatable bonds is 5. The molecule has 0 aliphatic carbocycles. The van der Waals surface area contributed by atoms with E-state index in [1.54, 1.807) is 19.2 Å². The molecule has 1 unspecified atom stereocenters. The number of alkyl halides is 3. The zero-order valence-corrected chi connectivity index (χ0v) is 21.1. The van der Waals surface area contributed by atoms with E-state index < -0.39 is 11.7 Å². The molecular formula is C22H31F3IN7. The number of nitrogens with zero attached hydrogens (tertiary/aromatic N) is 5. The molecule has 2 aromatic rings. The Morgan fingerprint density at radius 1 is 1.12 bits per heavy atom. The maximum absolute atomic E-state index is 12.7. The van der Waals surface area contributed by atoms with Crippen molar-refractivity contribution < 1.29 is 13.2 Å². The van der Waals surface area contributed by atoms with Gasteiger partial charge >= 0.3 is 6.18 Å². The lowest BCUT2D eigenvalue weighted by atomic mass is 10.1. The van der Waals surface area contributed by atoms with Crippen molar-refractivity contribution in [1.29, 1.82) is 0 Å². The fraction of sp³-hybridized carbons (Fsp3) is 0.591. The number of fused-ring (bicyclic) bond motifs is 1. The van der Waals surface area contributed by atoms with Crippen LogP contribution in [-0.4, -0.2) is 51.8 Å². The van der Waals surface area contributed by atoms with Gasteiger partial charge in [-0.3, -0.25) is 9.89 Å². The predicted octanol–water partition coefficient (Wildman–Crippen LogP) is 3.58. The minimum atomic E-state index is -4.30. The fourth-order valence-corrected chi connectivity index (χ4v) is 4.38. The molecule has 1 atom stereocenters. The SMILES string of the molecule is CN=C(NCc1nnc2n1CCCCC2)NC1CCN(Cc2ccc(C(F)(F)F)cc2)C1.I. The normalized spacial score (nSPS) is 19.5. The molecule has 1 saturated heterocycles. The molecule has 0 radical (unpaired) electrons. The highest BCUT2D eigenvalue weighted by Crippen LogP contribution is 2.29. The van der Waals surface area contributed by atoms with Crippen molar-refractivity contribution in [1.82, 2.24) is 30.3 Å². The van der Waals surface area contributed by atoms with E-state index in [1.807, 2.05) is 0 Å². The van der Waals surface area contributed by atoms with Crippen molar-refractivity contribution in [2.24, 2.45) is 4.99 Å². The summed E-state index contributed by atoms with van der Waals surface area (Å²) in [6.07, 6.45) is 1.18. The van der Waals surface area contributed by atoms with Crippen LogP contribution in [-0.2, 0) is 32.2 Å². The summed E-state index contributed by atoms with van der Waals surface area (Å²) >= 11 is 0. The minimum Gasteiger partial charge on any atom is -0.352 e. The number of aliphatic imine (C=N–C) groups is 1. The van der Waals surface area contributed by atoms with Gasteiger partial charge in [0.15, 0.2) is 11.8 Å². The zero-order chi connectivity index (χ0) is 22.6. The molecule has 0 bridgehead atoms. The van der Waals surface area contributed by atoms with Crippen molar-refractivity contribution >= 4 is 29.9 Å². The molecular weight excluding hydrogens is 546 g/mol. The largest absolute Gasteiger partial charge is 0.416 e. The third-order valence-corrected chi connectivity index (χ3v) is 6.12. The zero-order valence-electron chi connectivity index (χ0n) is 18.7. The van der Waals surface area contributed by atoms with Crippen molar-refractivity contribution in [3.05, 3.63) is 47.0 Å². The smallest absolute Gasteiger partial charge is 0.352 e.